The van der Waals surface area contributed by atoms with Gasteiger partial charge in [0.2, 0.25) is 0 Å². The Hall–Kier alpha value is 0.266. The maximum absolute atomic E-state index is 5.38. The van der Waals surface area contributed by atoms with Crippen LogP contribution in [0.3, 0.4) is 0 Å². The molecule has 1 nitrogen and oxygen atoms in total. The first-order valence-corrected chi connectivity index (χ1v) is 3.42. The van der Waals surface area contributed by atoms with Gasteiger partial charge in [0.25, 0.3) is 0 Å². The molecule has 0 aromatic heterocycles. The van der Waals surface area contributed by atoms with E-state index < -0.39 is 0 Å². The minimum Gasteiger partial charge on any atom is -1.00 e. The zero-order valence-corrected chi connectivity index (χ0v) is 10.4. The van der Waals surface area contributed by atoms with Crippen LogP contribution in [-0.4, -0.2) is 29.2 Å². The largest absolute Gasteiger partial charge is 2.00 e. The summed E-state index contributed by atoms with van der Waals surface area (Å²) < 4.78 is 5.38. The van der Waals surface area contributed by atoms with Crippen molar-refractivity contribution in [3.05, 3.63) is 30.3 Å². The Labute approximate surface area is 100 Å². The molecular weight excluding hydrogens is 228 g/mol. The minimum absolute atomic E-state index is 0. The van der Waals surface area contributed by atoms with E-state index in [1.165, 1.54) is 0 Å². The molecule has 0 fully saturated rings. The second-order valence-corrected chi connectivity index (χ2v) is 2.41. The molecule has 1 aromatic rings. The summed E-state index contributed by atoms with van der Waals surface area (Å²) in [4.78, 5) is 0. The van der Waals surface area contributed by atoms with Gasteiger partial charge >= 0.3 is 23.1 Å². The third-order valence-electron chi connectivity index (χ3n) is 1.05. The summed E-state index contributed by atoms with van der Waals surface area (Å²) in [7, 11) is 0. The fourth-order valence-corrected chi connectivity index (χ4v) is 0.722. The molecule has 0 amide bonds. The summed E-state index contributed by atoms with van der Waals surface area (Å²) >= 11 is 0. The molecule has 0 aliphatic rings. The molecular formula is C9H11BrMgO. The molecule has 0 aliphatic heterocycles. The average Bonchev–Trinajstić information content (AvgIpc) is 1.88. The van der Waals surface area contributed by atoms with E-state index in [9.17, 15) is 0 Å². The zero-order valence-electron chi connectivity index (χ0n) is 7.38. The van der Waals surface area contributed by atoms with Crippen molar-refractivity contribution < 1.29 is 21.7 Å². The molecule has 1 rings (SSSR count). The molecule has 0 radical (unpaired) electrons. The standard InChI is InChI=1S/C9H11O.BrH.Mg/c1-8(2)10-9-6-4-3-5-7-9;;/h3-4,6-8H,1-2H3;1H;/q-1;;+2/p-1. The van der Waals surface area contributed by atoms with E-state index in [1.807, 2.05) is 38.1 Å². The van der Waals surface area contributed by atoms with Gasteiger partial charge in [-0.15, -0.1) is 12.1 Å². The molecule has 62 valence electrons. The Bertz CT molecular complexity index is 189. The second-order valence-electron chi connectivity index (χ2n) is 2.41. The molecule has 0 heterocycles. The Balaban J connectivity index is 0. The van der Waals surface area contributed by atoms with Gasteiger partial charge in [0, 0.05) is 5.75 Å². The molecule has 0 aliphatic carbocycles. The van der Waals surface area contributed by atoms with Crippen molar-refractivity contribution in [2.75, 3.05) is 0 Å². The summed E-state index contributed by atoms with van der Waals surface area (Å²) in [6.45, 7) is 4.01. The molecule has 0 spiro atoms. The molecule has 0 bridgehead atoms. The normalized spacial score (nSPS) is 8.25. The van der Waals surface area contributed by atoms with E-state index in [4.69, 9.17) is 4.74 Å². The van der Waals surface area contributed by atoms with E-state index in [0.717, 1.165) is 5.75 Å². The first-order valence-electron chi connectivity index (χ1n) is 3.42. The average molecular weight is 239 g/mol. The van der Waals surface area contributed by atoms with Crippen LogP contribution in [0.1, 0.15) is 13.8 Å². The molecule has 0 saturated heterocycles. The number of hydrogen-bond acceptors (Lipinski definition) is 1. The van der Waals surface area contributed by atoms with Crippen molar-refractivity contribution in [2.45, 2.75) is 20.0 Å². The van der Waals surface area contributed by atoms with Crippen LogP contribution in [-0.2, 0) is 0 Å². The Morgan fingerprint density at radius 2 is 2.08 bits per heavy atom. The molecule has 0 N–H and O–H groups in total. The van der Waals surface area contributed by atoms with Crippen LogP contribution < -0.4 is 21.7 Å². The van der Waals surface area contributed by atoms with Gasteiger partial charge < -0.3 is 21.7 Å². The van der Waals surface area contributed by atoms with E-state index >= 15 is 0 Å². The van der Waals surface area contributed by atoms with E-state index in [2.05, 4.69) is 6.07 Å². The van der Waals surface area contributed by atoms with Gasteiger partial charge in [-0.3, -0.25) is 0 Å². The topological polar surface area (TPSA) is 9.23 Å². The van der Waals surface area contributed by atoms with Gasteiger partial charge in [-0.05, 0) is 13.8 Å². The van der Waals surface area contributed by atoms with Gasteiger partial charge in [0.1, 0.15) is 0 Å². The smallest absolute Gasteiger partial charge is 1.00 e. The third kappa shape index (κ3) is 5.86. The Kier molecular flexibility index (Phi) is 9.72. The zero-order chi connectivity index (χ0) is 7.40. The van der Waals surface area contributed by atoms with Crippen LogP contribution in [0.4, 0.5) is 0 Å². The number of rotatable bonds is 2. The van der Waals surface area contributed by atoms with Crippen LogP contribution in [0.2, 0.25) is 0 Å². The fourth-order valence-electron chi connectivity index (χ4n) is 0.722. The summed E-state index contributed by atoms with van der Waals surface area (Å²) in [5.74, 6) is 0.887. The number of benzene rings is 1. The third-order valence-corrected chi connectivity index (χ3v) is 1.05. The van der Waals surface area contributed by atoms with Crippen LogP contribution in [0, 0.1) is 6.07 Å². The van der Waals surface area contributed by atoms with Crippen LogP contribution >= 0.6 is 0 Å². The fraction of sp³-hybridized carbons (Fsp3) is 0.333. The summed E-state index contributed by atoms with van der Waals surface area (Å²) in [5, 5.41) is 0. The van der Waals surface area contributed by atoms with Gasteiger partial charge in [-0.1, -0.05) is 0 Å². The maximum Gasteiger partial charge on any atom is 2.00 e. The first-order chi connectivity index (χ1) is 4.79. The second kappa shape index (κ2) is 7.89. The molecule has 12 heavy (non-hydrogen) atoms. The van der Waals surface area contributed by atoms with Crippen LogP contribution in [0.5, 0.6) is 5.75 Å². The van der Waals surface area contributed by atoms with Crippen LogP contribution in [0.25, 0.3) is 0 Å². The van der Waals surface area contributed by atoms with E-state index in [1.54, 1.807) is 0 Å². The molecule has 1 aromatic carbocycles. The van der Waals surface area contributed by atoms with Gasteiger partial charge in [0.05, 0.1) is 6.10 Å². The van der Waals surface area contributed by atoms with Crippen LogP contribution in [0.15, 0.2) is 24.3 Å². The van der Waals surface area contributed by atoms with Crippen molar-refractivity contribution in [2.24, 2.45) is 0 Å². The molecule has 3 heteroatoms. The van der Waals surface area contributed by atoms with Crippen molar-refractivity contribution in [1.82, 2.24) is 0 Å². The Morgan fingerprint density at radius 3 is 2.50 bits per heavy atom. The predicted molar refractivity (Wildman–Crippen MR) is 46.8 cm³/mol. The van der Waals surface area contributed by atoms with Gasteiger partial charge in [-0.2, -0.15) is 18.2 Å². The summed E-state index contributed by atoms with van der Waals surface area (Å²) in [5.41, 5.74) is 0. The predicted octanol–water partition coefficient (Wildman–Crippen LogP) is -1.10. The summed E-state index contributed by atoms with van der Waals surface area (Å²) in [6.07, 6.45) is 0.246. The molecule has 0 atom stereocenters. The van der Waals surface area contributed by atoms with Gasteiger partial charge in [0.15, 0.2) is 0 Å². The maximum atomic E-state index is 5.38. The Morgan fingerprint density at radius 1 is 1.42 bits per heavy atom. The van der Waals surface area contributed by atoms with Crippen molar-refractivity contribution in [3.63, 3.8) is 0 Å². The minimum atomic E-state index is 0. The van der Waals surface area contributed by atoms with E-state index in [-0.39, 0.29) is 46.1 Å². The van der Waals surface area contributed by atoms with Crippen molar-refractivity contribution in [1.29, 1.82) is 0 Å². The molecule has 0 saturated carbocycles. The quantitative estimate of drug-likeness (QED) is 0.470. The number of ether oxygens (including phenoxy) is 1. The van der Waals surface area contributed by atoms with Crippen molar-refractivity contribution in [3.8, 4) is 5.75 Å². The monoisotopic (exact) mass is 238 g/mol. The molecule has 0 unspecified atom stereocenters. The van der Waals surface area contributed by atoms with E-state index in [0.29, 0.717) is 0 Å². The number of hydrogen-bond donors (Lipinski definition) is 0. The SMILES string of the molecule is CC(C)Oc1c[c-]ccc1.[Br-].[Mg+2]. The van der Waals surface area contributed by atoms with Gasteiger partial charge in [-0.25, -0.2) is 0 Å². The van der Waals surface area contributed by atoms with Crippen molar-refractivity contribution >= 4 is 23.1 Å². The summed E-state index contributed by atoms with van der Waals surface area (Å²) in [6, 6.07) is 10.5. The number of halogens is 1. The first kappa shape index (κ1) is 14.8.